The number of hydrogen-bond acceptors (Lipinski definition) is 3. The third kappa shape index (κ3) is 3.10. The van der Waals surface area contributed by atoms with Crippen LogP contribution in [0.3, 0.4) is 0 Å². The first kappa shape index (κ1) is 14.8. The molecule has 0 saturated carbocycles. The summed E-state index contributed by atoms with van der Waals surface area (Å²) in [7, 11) is 1.58. The van der Waals surface area contributed by atoms with E-state index in [0.29, 0.717) is 12.1 Å². The lowest BCUT2D eigenvalue weighted by molar-refractivity contribution is 0.0964. The number of carbonyl (C=O) groups is 2. The first-order chi connectivity index (χ1) is 10.0. The smallest absolute Gasteiger partial charge is 0.404 e. The number of rotatable bonds is 4. The van der Waals surface area contributed by atoms with Gasteiger partial charge in [-0.25, -0.2) is 4.79 Å². The molecule has 0 aliphatic heterocycles. The van der Waals surface area contributed by atoms with Crippen molar-refractivity contribution in [1.82, 2.24) is 15.6 Å². The molecular weight excluding hydrogens is 270 g/mol. The summed E-state index contributed by atoms with van der Waals surface area (Å²) in [5.74, 6) is -0.215. The summed E-state index contributed by atoms with van der Waals surface area (Å²) in [5, 5.41) is 14.4. The molecule has 0 bridgehead atoms. The largest absolute Gasteiger partial charge is 0.465 e. The van der Waals surface area contributed by atoms with Gasteiger partial charge in [0.15, 0.2) is 0 Å². The Morgan fingerprint density at radius 1 is 1.33 bits per heavy atom. The van der Waals surface area contributed by atoms with Crippen LogP contribution in [-0.2, 0) is 0 Å². The van der Waals surface area contributed by atoms with E-state index >= 15 is 0 Å². The molecule has 1 aromatic carbocycles. The number of nitrogens with zero attached hydrogens (tertiary/aromatic N) is 1. The van der Waals surface area contributed by atoms with Gasteiger partial charge in [-0.1, -0.05) is 25.1 Å². The third-order valence-electron chi connectivity index (χ3n) is 3.36. The van der Waals surface area contributed by atoms with E-state index in [0.717, 1.165) is 16.5 Å². The molecule has 1 aromatic heterocycles. The van der Waals surface area contributed by atoms with Crippen LogP contribution in [0.5, 0.6) is 0 Å². The highest BCUT2D eigenvalue weighted by Gasteiger charge is 2.15. The number of carboxylic acid groups (broad SMARTS) is 1. The number of amides is 2. The van der Waals surface area contributed by atoms with Crippen molar-refractivity contribution in [1.29, 1.82) is 0 Å². The van der Waals surface area contributed by atoms with Crippen LogP contribution in [0.1, 0.15) is 28.8 Å². The fraction of sp³-hybridized carbons (Fsp3) is 0.267. The van der Waals surface area contributed by atoms with Gasteiger partial charge in [0.25, 0.3) is 5.91 Å². The molecule has 0 radical (unpaired) electrons. The van der Waals surface area contributed by atoms with Gasteiger partial charge in [0.05, 0.1) is 11.1 Å². The molecule has 0 spiro atoms. The van der Waals surface area contributed by atoms with Gasteiger partial charge in [-0.05, 0) is 11.6 Å². The maximum absolute atomic E-state index is 11.9. The van der Waals surface area contributed by atoms with E-state index in [1.165, 1.54) is 0 Å². The summed E-state index contributed by atoms with van der Waals surface area (Å²) in [6.07, 6.45) is 0.536. The molecule has 2 amide bonds. The van der Waals surface area contributed by atoms with Gasteiger partial charge in [0.2, 0.25) is 0 Å². The van der Waals surface area contributed by atoms with Crippen molar-refractivity contribution < 1.29 is 14.7 Å². The standard InChI is InChI=1S/C15H17N3O3/c1-9(8-18-15(20)21)10-4-3-5-11-12(14(19)16-2)6-7-17-13(10)11/h3-7,9,18H,8H2,1-2H3,(H,16,19)(H,20,21). The second-order valence-electron chi connectivity index (χ2n) is 4.77. The molecule has 6 heteroatoms. The minimum absolute atomic E-state index is 0.0442. The number of carbonyl (C=O) groups excluding carboxylic acids is 1. The molecule has 0 aliphatic carbocycles. The molecule has 21 heavy (non-hydrogen) atoms. The van der Waals surface area contributed by atoms with Crippen molar-refractivity contribution in [2.45, 2.75) is 12.8 Å². The number of fused-ring (bicyclic) bond motifs is 1. The average molecular weight is 287 g/mol. The first-order valence-corrected chi connectivity index (χ1v) is 6.61. The molecule has 1 heterocycles. The molecule has 6 nitrogen and oxygen atoms in total. The number of nitrogens with one attached hydrogen (secondary N) is 2. The van der Waals surface area contributed by atoms with Gasteiger partial charge < -0.3 is 15.7 Å². The number of aromatic nitrogens is 1. The quantitative estimate of drug-likeness (QED) is 0.801. The third-order valence-corrected chi connectivity index (χ3v) is 3.36. The Labute approximate surface area is 122 Å². The number of para-hydroxylation sites is 1. The molecule has 0 aliphatic rings. The number of pyridine rings is 1. The van der Waals surface area contributed by atoms with Crippen LogP contribution in [0.2, 0.25) is 0 Å². The predicted molar refractivity (Wildman–Crippen MR) is 79.6 cm³/mol. The van der Waals surface area contributed by atoms with Gasteiger partial charge >= 0.3 is 6.09 Å². The maximum atomic E-state index is 11.9. The molecule has 3 N–H and O–H groups in total. The van der Waals surface area contributed by atoms with Crippen molar-refractivity contribution in [3.05, 3.63) is 41.6 Å². The van der Waals surface area contributed by atoms with Gasteiger partial charge in [0, 0.05) is 31.1 Å². The molecule has 110 valence electrons. The Hall–Kier alpha value is -2.63. The molecule has 0 saturated heterocycles. The normalized spacial score (nSPS) is 11.9. The summed E-state index contributed by atoms with van der Waals surface area (Å²) in [4.78, 5) is 26.8. The Morgan fingerprint density at radius 2 is 2.10 bits per heavy atom. The van der Waals surface area contributed by atoms with Gasteiger partial charge in [-0.3, -0.25) is 9.78 Å². The fourth-order valence-corrected chi connectivity index (χ4v) is 2.28. The molecule has 2 rings (SSSR count). The zero-order valence-electron chi connectivity index (χ0n) is 11.9. The summed E-state index contributed by atoms with van der Waals surface area (Å²) < 4.78 is 0. The zero-order valence-corrected chi connectivity index (χ0v) is 11.9. The Kier molecular flexibility index (Phi) is 4.37. The molecule has 1 unspecified atom stereocenters. The summed E-state index contributed by atoms with van der Waals surface area (Å²) >= 11 is 0. The Morgan fingerprint density at radius 3 is 2.76 bits per heavy atom. The van der Waals surface area contributed by atoms with Crippen LogP contribution in [0.25, 0.3) is 10.9 Å². The average Bonchev–Trinajstić information content (AvgIpc) is 2.50. The molecule has 0 fully saturated rings. The van der Waals surface area contributed by atoms with E-state index in [1.807, 2.05) is 25.1 Å². The summed E-state index contributed by atoms with van der Waals surface area (Å²) in [6, 6.07) is 7.26. The highest BCUT2D eigenvalue weighted by molar-refractivity contribution is 6.06. The lowest BCUT2D eigenvalue weighted by atomic mass is 9.96. The Balaban J connectivity index is 2.46. The number of benzene rings is 1. The molecular formula is C15H17N3O3. The predicted octanol–water partition coefficient (Wildman–Crippen LogP) is 1.97. The van der Waals surface area contributed by atoms with Crippen LogP contribution in [0.4, 0.5) is 4.79 Å². The highest BCUT2D eigenvalue weighted by atomic mass is 16.4. The van der Waals surface area contributed by atoms with E-state index in [4.69, 9.17) is 5.11 Å². The van der Waals surface area contributed by atoms with Crippen molar-refractivity contribution in [2.24, 2.45) is 0 Å². The summed E-state index contributed by atoms with van der Waals surface area (Å²) in [5.41, 5.74) is 2.19. The van der Waals surface area contributed by atoms with E-state index in [9.17, 15) is 9.59 Å². The maximum Gasteiger partial charge on any atom is 0.404 e. The van der Waals surface area contributed by atoms with Crippen LogP contribution >= 0.6 is 0 Å². The van der Waals surface area contributed by atoms with Crippen molar-refractivity contribution in [3.63, 3.8) is 0 Å². The van der Waals surface area contributed by atoms with Gasteiger partial charge in [-0.2, -0.15) is 0 Å². The van der Waals surface area contributed by atoms with Crippen LogP contribution < -0.4 is 10.6 Å². The summed E-state index contributed by atoms with van der Waals surface area (Å²) in [6.45, 7) is 2.21. The minimum atomic E-state index is -1.05. The number of hydrogen-bond donors (Lipinski definition) is 3. The lowest BCUT2D eigenvalue weighted by Gasteiger charge is -2.15. The minimum Gasteiger partial charge on any atom is -0.465 e. The van der Waals surface area contributed by atoms with E-state index in [1.54, 1.807) is 19.3 Å². The molecule has 1 atom stereocenters. The van der Waals surface area contributed by atoms with E-state index in [-0.39, 0.29) is 11.8 Å². The second-order valence-corrected chi connectivity index (χ2v) is 4.77. The van der Waals surface area contributed by atoms with E-state index in [2.05, 4.69) is 15.6 Å². The van der Waals surface area contributed by atoms with Crippen LogP contribution in [-0.4, -0.2) is 35.7 Å². The lowest BCUT2D eigenvalue weighted by Crippen LogP contribution is -2.25. The van der Waals surface area contributed by atoms with Gasteiger partial charge in [0.1, 0.15) is 0 Å². The van der Waals surface area contributed by atoms with Crippen LogP contribution in [0.15, 0.2) is 30.5 Å². The topological polar surface area (TPSA) is 91.3 Å². The Bertz CT molecular complexity index is 685. The van der Waals surface area contributed by atoms with Crippen molar-refractivity contribution in [3.8, 4) is 0 Å². The monoisotopic (exact) mass is 287 g/mol. The zero-order chi connectivity index (χ0) is 15.4. The molecule has 2 aromatic rings. The van der Waals surface area contributed by atoms with Crippen molar-refractivity contribution >= 4 is 22.9 Å². The van der Waals surface area contributed by atoms with Crippen molar-refractivity contribution in [2.75, 3.05) is 13.6 Å². The van der Waals surface area contributed by atoms with Gasteiger partial charge in [-0.15, -0.1) is 0 Å². The fourth-order valence-electron chi connectivity index (χ4n) is 2.28. The second kappa shape index (κ2) is 6.21. The highest BCUT2D eigenvalue weighted by Crippen LogP contribution is 2.25. The first-order valence-electron chi connectivity index (χ1n) is 6.61. The van der Waals surface area contributed by atoms with Crippen LogP contribution in [0, 0.1) is 0 Å². The SMILES string of the molecule is CNC(=O)c1ccnc2c(C(C)CNC(=O)O)cccc12. The van der Waals surface area contributed by atoms with E-state index < -0.39 is 6.09 Å².